The lowest BCUT2D eigenvalue weighted by Crippen LogP contribution is -2.03. The van der Waals surface area contributed by atoms with Crippen LogP contribution in [0.3, 0.4) is 0 Å². The molecule has 1 unspecified atom stereocenters. The summed E-state index contributed by atoms with van der Waals surface area (Å²) >= 11 is 0. The van der Waals surface area contributed by atoms with Crippen LogP contribution in [0.15, 0.2) is 31.2 Å². The van der Waals surface area contributed by atoms with Crippen LogP contribution >= 0.6 is 0 Å². The second-order valence-corrected chi connectivity index (χ2v) is 4.07. The predicted octanol–water partition coefficient (Wildman–Crippen LogP) is 2.01. The Kier molecular flexibility index (Phi) is 3.39. The smallest absolute Gasteiger partial charge is 0.0945 e. The van der Waals surface area contributed by atoms with E-state index < -0.39 is 0 Å². The van der Waals surface area contributed by atoms with Gasteiger partial charge in [0.2, 0.25) is 0 Å². The molecule has 0 amide bonds. The molecule has 1 radical (unpaired) electrons. The van der Waals surface area contributed by atoms with E-state index in [1.54, 1.807) is 0 Å². The Balaban J connectivity index is 1.80. The molecule has 0 fully saturated rings. The lowest BCUT2D eigenvalue weighted by molar-refractivity contribution is 0.568. The maximum Gasteiger partial charge on any atom is 0.0945 e. The van der Waals surface area contributed by atoms with Gasteiger partial charge in [-0.05, 0) is 19.8 Å². The summed E-state index contributed by atoms with van der Waals surface area (Å²) < 4.78 is 4.13. The van der Waals surface area contributed by atoms with Crippen LogP contribution in [0.2, 0.25) is 0 Å². The maximum atomic E-state index is 4.17. The highest BCUT2D eigenvalue weighted by molar-refractivity contribution is 5.06. The molecule has 0 saturated heterocycles. The lowest BCUT2D eigenvalue weighted by Gasteiger charge is -2.11. The summed E-state index contributed by atoms with van der Waals surface area (Å²) in [6, 6.07) is 0. The highest BCUT2D eigenvalue weighted by atomic mass is 15.0. The molecule has 2 rings (SSSR count). The third kappa shape index (κ3) is 2.51. The predicted molar refractivity (Wildman–Crippen MR) is 62.8 cm³/mol. The number of aromatic nitrogens is 4. The van der Waals surface area contributed by atoms with E-state index in [1.807, 2.05) is 42.9 Å². The fourth-order valence-electron chi connectivity index (χ4n) is 1.85. The van der Waals surface area contributed by atoms with Crippen molar-refractivity contribution in [2.45, 2.75) is 25.3 Å². The molecule has 0 aliphatic heterocycles. The van der Waals surface area contributed by atoms with Crippen molar-refractivity contribution in [2.24, 2.45) is 7.05 Å². The Labute approximate surface area is 96.0 Å². The van der Waals surface area contributed by atoms with Gasteiger partial charge >= 0.3 is 0 Å². The molecule has 2 heterocycles. The van der Waals surface area contributed by atoms with Gasteiger partial charge < -0.3 is 9.13 Å². The van der Waals surface area contributed by atoms with Gasteiger partial charge in [0.05, 0.1) is 12.7 Å². The molecule has 0 aromatic carbocycles. The molecule has 85 valence electrons. The summed E-state index contributed by atoms with van der Waals surface area (Å²) in [7, 11) is 2.01. The monoisotopic (exact) mass is 217 g/mol. The minimum absolute atomic E-state index is 0.316. The molecule has 2 aromatic rings. The second-order valence-electron chi connectivity index (χ2n) is 4.07. The van der Waals surface area contributed by atoms with Crippen molar-refractivity contribution in [1.82, 2.24) is 19.1 Å². The summed E-state index contributed by atoms with van der Waals surface area (Å²) in [5, 5.41) is 0. The molecule has 0 spiro atoms. The van der Waals surface area contributed by atoms with Crippen molar-refractivity contribution in [3.63, 3.8) is 0 Å². The van der Waals surface area contributed by atoms with Crippen LogP contribution in [0.1, 0.15) is 24.5 Å². The first-order valence-corrected chi connectivity index (χ1v) is 5.52. The summed E-state index contributed by atoms with van der Waals surface area (Å²) in [6.07, 6.45) is 11.5. The SMILES string of the molecule is [CH2]C(CCCn1ccnc1)c1cncn1C. The summed E-state index contributed by atoms with van der Waals surface area (Å²) in [5.74, 6) is 0.316. The van der Waals surface area contributed by atoms with Crippen LogP contribution in [-0.4, -0.2) is 19.1 Å². The van der Waals surface area contributed by atoms with Crippen LogP contribution < -0.4 is 0 Å². The fourth-order valence-corrected chi connectivity index (χ4v) is 1.85. The molecule has 0 aliphatic rings. The van der Waals surface area contributed by atoms with Crippen LogP contribution in [-0.2, 0) is 13.6 Å². The van der Waals surface area contributed by atoms with Crippen LogP contribution in [0, 0.1) is 6.92 Å². The van der Waals surface area contributed by atoms with Gasteiger partial charge in [0.15, 0.2) is 0 Å². The largest absolute Gasteiger partial charge is 0.337 e. The molecule has 16 heavy (non-hydrogen) atoms. The van der Waals surface area contributed by atoms with Gasteiger partial charge in [-0.2, -0.15) is 0 Å². The lowest BCUT2D eigenvalue weighted by atomic mass is 10.0. The summed E-state index contributed by atoms with van der Waals surface area (Å²) in [4.78, 5) is 8.13. The molecule has 1 atom stereocenters. The minimum atomic E-state index is 0.316. The Hall–Kier alpha value is -1.58. The van der Waals surface area contributed by atoms with Crippen LogP contribution in [0.25, 0.3) is 0 Å². The highest BCUT2D eigenvalue weighted by Crippen LogP contribution is 2.19. The minimum Gasteiger partial charge on any atom is -0.337 e. The van der Waals surface area contributed by atoms with E-state index in [0.717, 1.165) is 19.4 Å². The zero-order valence-electron chi connectivity index (χ0n) is 9.58. The average Bonchev–Trinajstić information content (AvgIpc) is 2.88. The van der Waals surface area contributed by atoms with Crippen molar-refractivity contribution < 1.29 is 0 Å². The first-order chi connectivity index (χ1) is 7.77. The third-order valence-electron chi connectivity index (χ3n) is 2.80. The number of hydrogen-bond acceptors (Lipinski definition) is 2. The van der Waals surface area contributed by atoms with Crippen molar-refractivity contribution in [1.29, 1.82) is 0 Å². The number of hydrogen-bond donors (Lipinski definition) is 0. The van der Waals surface area contributed by atoms with E-state index in [4.69, 9.17) is 0 Å². The van der Waals surface area contributed by atoms with Gasteiger partial charge in [-0.3, -0.25) is 0 Å². The molecule has 0 aliphatic carbocycles. The zero-order valence-corrected chi connectivity index (χ0v) is 9.58. The summed E-state index contributed by atoms with van der Waals surface area (Å²) in [6.45, 7) is 5.18. The number of imidazole rings is 2. The normalized spacial score (nSPS) is 12.9. The zero-order chi connectivity index (χ0) is 11.4. The van der Waals surface area contributed by atoms with Gasteiger partial charge in [-0.15, -0.1) is 0 Å². The Morgan fingerprint density at radius 1 is 1.38 bits per heavy atom. The molecule has 4 heteroatoms. The first-order valence-electron chi connectivity index (χ1n) is 5.52. The topological polar surface area (TPSA) is 35.6 Å². The van der Waals surface area contributed by atoms with Gasteiger partial charge in [0, 0.05) is 43.8 Å². The maximum absolute atomic E-state index is 4.17. The van der Waals surface area contributed by atoms with Gasteiger partial charge in [0.1, 0.15) is 0 Å². The molecular weight excluding hydrogens is 200 g/mol. The van der Waals surface area contributed by atoms with Gasteiger partial charge in [-0.1, -0.05) is 0 Å². The summed E-state index contributed by atoms with van der Waals surface area (Å²) in [5.41, 5.74) is 1.20. The number of rotatable bonds is 5. The van der Waals surface area contributed by atoms with E-state index >= 15 is 0 Å². The van der Waals surface area contributed by atoms with Gasteiger partial charge in [-0.25, -0.2) is 9.97 Å². The van der Waals surface area contributed by atoms with Crippen molar-refractivity contribution >= 4 is 0 Å². The van der Waals surface area contributed by atoms with Gasteiger partial charge in [0.25, 0.3) is 0 Å². The molecule has 2 aromatic heterocycles. The van der Waals surface area contributed by atoms with E-state index in [9.17, 15) is 0 Å². The highest BCUT2D eigenvalue weighted by Gasteiger charge is 2.08. The Morgan fingerprint density at radius 3 is 2.88 bits per heavy atom. The fraction of sp³-hybridized carbons (Fsp3) is 0.417. The molecule has 0 saturated carbocycles. The Morgan fingerprint density at radius 2 is 2.25 bits per heavy atom. The van der Waals surface area contributed by atoms with E-state index in [1.165, 1.54) is 5.69 Å². The van der Waals surface area contributed by atoms with Crippen molar-refractivity contribution in [3.05, 3.63) is 43.9 Å². The molecular formula is C12H17N4. The first kappa shape index (κ1) is 10.9. The second kappa shape index (κ2) is 4.96. The van der Waals surface area contributed by atoms with E-state index in [2.05, 4.69) is 21.5 Å². The average molecular weight is 217 g/mol. The van der Waals surface area contributed by atoms with Crippen molar-refractivity contribution in [3.8, 4) is 0 Å². The van der Waals surface area contributed by atoms with Crippen LogP contribution in [0.4, 0.5) is 0 Å². The molecule has 0 N–H and O–H groups in total. The number of nitrogens with zero attached hydrogens (tertiary/aromatic N) is 4. The third-order valence-corrected chi connectivity index (χ3v) is 2.80. The number of aryl methyl sites for hydroxylation is 2. The van der Waals surface area contributed by atoms with Crippen molar-refractivity contribution in [2.75, 3.05) is 0 Å². The molecule has 0 bridgehead atoms. The molecule has 4 nitrogen and oxygen atoms in total. The Bertz CT molecular complexity index is 416. The quantitative estimate of drug-likeness (QED) is 0.768. The standard InChI is InChI=1S/C12H17N4/c1-11(12-8-14-9-15(12)2)4-3-6-16-7-5-13-10-16/h5,7-11H,1,3-4,6H2,2H3. The van der Waals surface area contributed by atoms with E-state index in [-0.39, 0.29) is 0 Å². The van der Waals surface area contributed by atoms with E-state index in [0.29, 0.717) is 5.92 Å². The van der Waals surface area contributed by atoms with Crippen LogP contribution in [0.5, 0.6) is 0 Å².